The number of alkyl halides is 1. The second-order valence-electron chi connectivity index (χ2n) is 3.65. The van der Waals surface area contributed by atoms with Crippen molar-refractivity contribution in [2.45, 2.75) is 30.9 Å². The van der Waals surface area contributed by atoms with Crippen molar-refractivity contribution in [3.63, 3.8) is 0 Å². The van der Waals surface area contributed by atoms with Crippen LogP contribution in [-0.4, -0.2) is 44.0 Å². The molecule has 0 aromatic heterocycles. The van der Waals surface area contributed by atoms with E-state index in [4.69, 9.17) is 23.2 Å². The zero-order valence-corrected chi connectivity index (χ0v) is 11.9. The number of aliphatic imine (C=N–C) groups is 1. The van der Waals surface area contributed by atoms with E-state index >= 15 is 0 Å². The highest BCUT2D eigenvalue weighted by Crippen LogP contribution is 2.06. The van der Waals surface area contributed by atoms with E-state index in [0.717, 1.165) is 6.42 Å². The van der Waals surface area contributed by atoms with Gasteiger partial charge in [0.25, 0.3) is 0 Å². The van der Waals surface area contributed by atoms with Crippen molar-refractivity contribution in [3.05, 3.63) is 0 Å². The van der Waals surface area contributed by atoms with Crippen molar-refractivity contribution in [1.82, 2.24) is 16.0 Å². The van der Waals surface area contributed by atoms with Crippen molar-refractivity contribution in [1.29, 1.82) is 0 Å². The van der Waals surface area contributed by atoms with E-state index in [0.29, 0.717) is 18.1 Å². The lowest BCUT2D eigenvalue weighted by Gasteiger charge is -2.32. The summed E-state index contributed by atoms with van der Waals surface area (Å²) in [5.41, 5.74) is 0. The number of hydrogen-bond acceptors (Lipinski definition) is 4. The van der Waals surface area contributed by atoms with E-state index in [9.17, 15) is 0 Å². The standard InChI is InChI=1S/C10H22Cl2N4/c1-8(11)7-9(12)16-6-5-10(13-2,14-3)15-4/h8,13-15H,5-7H2,1-4H3. The quantitative estimate of drug-likeness (QED) is 0.354. The molecule has 0 heterocycles. The van der Waals surface area contributed by atoms with Gasteiger partial charge in [0, 0.05) is 24.8 Å². The molecule has 0 bridgehead atoms. The van der Waals surface area contributed by atoms with Crippen LogP contribution in [0.2, 0.25) is 0 Å². The molecule has 4 nitrogen and oxygen atoms in total. The topological polar surface area (TPSA) is 48.5 Å². The van der Waals surface area contributed by atoms with E-state index in [2.05, 4.69) is 20.9 Å². The van der Waals surface area contributed by atoms with Crippen molar-refractivity contribution in [3.8, 4) is 0 Å². The van der Waals surface area contributed by atoms with E-state index < -0.39 is 0 Å². The molecule has 0 aliphatic carbocycles. The first-order valence-electron chi connectivity index (χ1n) is 5.39. The molecule has 6 heteroatoms. The molecule has 0 spiro atoms. The number of halogens is 2. The fourth-order valence-corrected chi connectivity index (χ4v) is 1.93. The van der Waals surface area contributed by atoms with Crippen LogP contribution in [0, 0.1) is 0 Å². The number of nitrogens with zero attached hydrogens (tertiary/aromatic N) is 1. The lowest BCUT2D eigenvalue weighted by molar-refractivity contribution is 0.232. The Morgan fingerprint density at radius 1 is 1.25 bits per heavy atom. The Hall–Kier alpha value is 0.130. The zero-order chi connectivity index (χ0) is 12.6. The summed E-state index contributed by atoms with van der Waals surface area (Å²) in [6.07, 6.45) is 1.41. The summed E-state index contributed by atoms with van der Waals surface area (Å²) < 4.78 is 0. The Kier molecular flexibility index (Phi) is 8.32. The monoisotopic (exact) mass is 268 g/mol. The summed E-state index contributed by atoms with van der Waals surface area (Å²) in [5, 5.41) is 10.1. The highest BCUT2D eigenvalue weighted by molar-refractivity contribution is 6.65. The van der Waals surface area contributed by atoms with Crippen LogP contribution in [0.3, 0.4) is 0 Å². The minimum atomic E-state index is -0.298. The van der Waals surface area contributed by atoms with Gasteiger partial charge < -0.3 is 0 Å². The Labute approximate surface area is 108 Å². The summed E-state index contributed by atoms with van der Waals surface area (Å²) in [5.74, 6) is -0.298. The molecule has 0 saturated carbocycles. The van der Waals surface area contributed by atoms with Crippen LogP contribution < -0.4 is 16.0 Å². The molecule has 1 unspecified atom stereocenters. The maximum atomic E-state index is 5.94. The smallest absolute Gasteiger partial charge is 0.124 e. The van der Waals surface area contributed by atoms with Gasteiger partial charge >= 0.3 is 0 Å². The van der Waals surface area contributed by atoms with E-state index in [1.54, 1.807) is 0 Å². The number of hydrogen-bond donors (Lipinski definition) is 3. The van der Waals surface area contributed by atoms with Crippen molar-refractivity contribution >= 4 is 28.4 Å². The highest BCUT2D eigenvalue weighted by atomic mass is 35.5. The maximum absolute atomic E-state index is 5.94. The Balaban J connectivity index is 4.12. The molecule has 0 aliphatic rings. The van der Waals surface area contributed by atoms with E-state index in [1.807, 2.05) is 28.1 Å². The van der Waals surface area contributed by atoms with Gasteiger partial charge in [0.1, 0.15) is 11.0 Å². The molecule has 0 rings (SSSR count). The predicted octanol–water partition coefficient (Wildman–Crippen LogP) is 1.34. The largest absolute Gasteiger partial charge is 0.290 e. The lowest BCUT2D eigenvalue weighted by atomic mass is 10.2. The van der Waals surface area contributed by atoms with Crippen molar-refractivity contribution in [2.75, 3.05) is 27.7 Å². The average Bonchev–Trinajstić information content (AvgIpc) is 2.24. The second-order valence-corrected chi connectivity index (χ2v) is 4.83. The van der Waals surface area contributed by atoms with Gasteiger partial charge in [0.2, 0.25) is 0 Å². The summed E-state index contributed by atoms with van der Waals surface area (Å²) in [6.45, 7) is 2.55. The van der Waals surface area contributed by atoms with Crippen LogP contribution in [0.25, 0.3) is 0 Å². The molecule has 96 valence electrons. The summed E-state index contributed by atoms with van der Waals surface area (Å²) in [7, 11) is 5.66. The van der Waals surface area contributed by atoms with Crippen LogP contribution in [0.4, 0.5) is 0 Å². The molecule has 0 amide bonds. The lowest BCUT2D eigenvalue weighted by Crippen LogP contribution is -2.63. The minimum absolute atomic E-state index is 0.0268. The number of nitrogens with one attached hydrogen (secondary N) is 3. The van der Waals surface area contributed by atoms with E-state index in [-0.39, 0.29) is 11.2 Å². The summed E-state index contributed by atoms with van der Waals surface area (Å²) in [6, 6.07) is 0. The molecule has 1 atom stereocenters. The molecular weight excluding hydrogens is 247 g/mol. The van der Waals surface area contributed by atoms with Gasteiger partial charge in [-0.3, -0.25) is 20.9 Å². The van der Waals surface area contributed by atoms with Gasteiger partial charge in [-0.25, -0.2) is 0 Å². The van der Waals surface area contributed by atoms with Crippen LogP contribution in [0.15, 0.2) is 4.99 Å². The fourth-order valence-electron chi connectivity index (χ4n) is 1.39. The normalized spacial score (nSPS) is 15.2. The first-order valence-corrected chi connectivity index (χ1v) is 6.20. The molecule has 0 aromatic carbocycles. The second kappa shape index (κ2) is 8.25. The van der Waals surface area contributed by atoms with Gasteiger partial charge in [-0.2, -0.15) is 0 Å². The summed E-state index contributed by atoms with van der Waals surface area (Å²) >= 11 is 11.8. The Morgan fingerprint density at radius 3 is 2.12 bits per heavy atom. The van der Waals surface area contributed by atoms with Crippen LogP contribution in [0.1, 0.15) is 19.8 Å². The molecular formula is C10H22Cl2N4. The number of rotatable bonds is 8. The van der Waals surface area contributed by atoms with Gasteiger partial charge in [0.15, 0.2) is 0 Å². The third-order valence-corrected chi connectivity index (χ3v) is 2.93. The molecule has 16 heavy (non-hydrogen) atoms. The van der Waals surface area contributed by atoms with Gasteiger partial charge in [-0.15, -0.1) is 11.6 Å². The maximum Gasteiger partial charge on any atom is 0.124 e. The first kappa shape index (κ1) is 16.1. The van der Waals surface area contributed by atoms with Gasteiger partial charge in [0.05, 0.1) is 0 Å². The summed E-state index contributed by atoms with van der Waals surface area (Å²) in [4.78, 5) is 4.27. The third-order valence-electron chi connectivity index (χ3n) is 2.50. The Bertz CT molecular complexity index is 207. The fraction of sp³-hybridized carbons (Fsp3) is 0.900. The van der Waals surface area contributed by atoms with Crippen LogP contribution >= 0.6 is 23.2 Å². The van der Waals surface area contributed by atoms with Crippen LogP contribution in [-0.2, 0) is 0 Å². The van der Waals surface area contributed by atoms with Gasteiger partial charge in [-0.1, -0.05) is 11.6 Å². The SMILES string of the molecule is CNC(CCN=C(Cl)CC(C)Cl)(NC)NC. The molecule has 0 saturated heterocycles. The minimum Gasteiger partial charge on any atom is -0.290 e. The molecule has 0 radical (unpaired) electrons. The van der Waals surface area contributed by atoms with Gasteiger partial charge in [-0.05, 0) is 28.1 Å². The molecule has 3 N–H and O–H groups in total. The van der Waals surface area contributed by atoms with Crippen molar-refractivity contribution < 1.29 is 0 Å². The third kappa shape index (κ3) is 6.01. The van der Waals surface area contributed by atoms with Crippen molar-refractivity contribution in [2.24, 2.45) is 4.99 Å². The molecule has 0 aliphatic heterocycles. The molecule has 0 aromatic rings. The first-order chi connectivity index (χ1) is 7.49. The molecule has 0 fully saturated rings. The Morgan fingerprint density at radius 2 is 1.75 bits per heavy atom. The zero-order valence-electron chi connectivity index (χ0n) is 10.4. The average molecular weight is 269 g/mol. The highest BCUT2D eigenvalue weighted by Gasteiger charge is 2.22. The predicted molar refractivity (Wildman–Crippen MR) is 72.6 cm³/mol. The van der Waals surface area contributed by atoms with E-state index in [1.165, 1.54) is 0 Å². The van der Waals surface area contributed by atoms with Crippen LogP contribution in [0.5, 0.6) is 0 Å².